The third-order valence-electron chi connectivity index (χ3n) is 3.20. The Bertz CT molecular complexity index is 901. The van der Waals surface area contributed by atoms with Crippen molar-refractivity contribution < 1.29 is 17.9 Å². The lowest BCUT2D eigenvalue weighted by Gasteiger charge is -2.14. The maximum Gasteiger partial charge on any atom is 0.262 e. The molecule has 1 amide bonds. The minimum atomic E-state index is -3.90. The lowest BCUT2D eigenvalue weighted by Crippen LogP contribution is -2.15. The van der Waals surface area contributed by atoms with Crippen LogP contribution in [0.5, 0.6) is 5.75 Å². The molecule has 0 saturated heterocycles. The highest BCUT2D eigenvalue weighted by Gasteiger charge is 2.19. The highest BCUT2D eigenvalue weighted by Crippen LogP contribution is 2.32. The van der Waals surface area contributed by atoms with Crippen molar-refractivity contribution in [3.05, 3.63) is 41.4 Å². The molecule has 0 aromatic heterocycles. The number of hydrogen-bond donors (Lipinski definition) is 2. The first-order chi connectivity index (χ1) is 11.8. The van der Waals surface area contributed by atoms with Gasteiger partial charge in [0.15, 0.2) is 0 Å². The van der Waals surface area contributed by atoms with Crippen LogP contribution in [0.1, 0.15) is 6.92 Å². The fraction of sp³-hybridized carbons (Fsp3) is 0.188. The minimum absolute atomic E-state index is 0.0103. The zero-order valence-corrected chi connectivity index (χ0v) is 16.2. The first-order valence-electron chi connectivity index (χ1n) is 7.09. The van der Waals surface area contributed by atoms with Crippen molar-refractivity contribution in [2.45, 2.75) is 16.7 Å². The summed E-state index contributed by atoms with van der Waals surface area (Å²) in [6.07, 6.45) is 1.84. The number of hydrogen-bond acceptors (Lipinski definition) is 5. The molecule has 0 saturated carbocycles. The normalized spacial score (nSPS) is 11.0. The maximum absolute atomic E-state index is 12.7. The van der Waals surface area contributed by atoms with E-state index in [-0.39, 0.29) is 16.5 Å². The molecule has 0 unspecified atom stereocenters. The maximum atomic E-state index is 12.7. The number of sulfonamides is 1. The van der Waals surface area contributed by atoms with E-state index in [1.165, 1.54) is 44.0 Å². The highest BCUT2D eigenvalue weighted by molar-refractivity contribution is 7.98. The third-order valence-corrected chi connectivity index (χ3v) is 5.59. The monoisotopic (exact) mass is 400 g/mol. The second-order valence-electron chi connectivity index (χ2n) is 4.99. The minimum Gasteiger partial charge on any atom is -0.495 e. The largest absolute Gasteiger partial charge is 0.495 e. The van der Waals surface area contributed by atoms with E-state index in [0.29, 0.717) is 16.5 Å². The number of halogens is 1. The first-order valence-corrected chi connectivity index (χ1v) is 10.2. The third kappa shape index (κ3) is 4.81. The molecule has 2 rings (SSSR count). The molecule has 6 nitrogen and oxygen atoms in total. The summed E-state index contributed by atoms with van der Waals surface area (Å²) in [5.74, 6) is 0.0603. The van der Waals surface area contributed by atoms with Crippen LogP contribution >= 0.6 is 23.4 Å². The molecule has 0 aliphatic heterocycles. The summed E-state index contributed by atoms with van der Waals surface area (Å²) >= 11 is 7.33. The number of benzene rings is 2. The van der Waals surface area contributed by atoms with E-state index < -0.39 is 10.0 Å². The van der Waals surface area contributed by atoms with E-state index in [4.69, 9.17) is 16.3 Å². The van der Waals surface area contributed by atoms with E-state index in [1.54, 1.807) is 18.2 Å². The Balaban J connectivity index is 2.43. The summed E-state index contributed by atoms with van der Waals surface area (Å²) in [5, 5.41) is 3.01. The number of thioether (sulfide) groups is 1. The quantitative estimate of drug-likeness (QED) is 0.720. The van der Waals surface area contributed by atoms with Gasteiger partial charge in [0.25, 0.3) is 10.0 Å². The van der Waals surface area contributed by atoms with Gasteiger partial charge in [0.1, 0.15) is 5.75 Å². The molecule has 0 fully saturated rings. The topological polar surface area (TPSA) is 84.5 Å². The predicted octanol–water partition coefficient (Wildman–Crippen LogP) is 3.83. The SMILES string of the molecule is COc1ccc(Cl)cc1NS(=O)(=O)c1ccc(SC)c(NC(C)=O)c1. The van der Waals surface area contributed by atoms with Crippen molar-refractivity contribution in [1.29, 1.82) is 0 Å². The van der Waals surface area contributed by atoms with Crippen LogP contribution in [0, 0.1) is 0 Å². The molecule has 0 radical (unpaired) electrons. The van der Waals surface area contributed by atoms with Gasteiger partial charge in [-0.05, 0) is 42.7 Å². The van der Waals surface area contributed by atoms with Crippen molar-refractivity contribution in [2.24, 2.45) is 0 Å². The van der Waals surface area contributed by atoms with E-state index in [1.807, 2.05) is 6.26 Å². The predicted molar refractivity (Wildman–Crippen MR) is 101 cm³/mol. The summed E-state index contributed by atoms with van der Waals surface area (Å²) in [6, 6.07) is 9.14. The van der Waals surface area contributed by atoms with Crippen LogP contribution < -0.4 is 14.8 Å². The number of methoxy groups -OCH3 is 1. The molecule has 134 valence electrons. The molecule has 2 N–H and O–H groups in total. The number of rotatable bonds is 6. The average Bonchev–Trinajstić information content (AvgIpc) is 2.54. The van der Waals surface area contributed by atoms with Gasteiger partial charge in [-0.2, -0.15) is 0 Å². The fourth-order valence-corrected chi connectivity index (χ4v) is 3.90. The van der Waals surface area contributed by atoms with Gasteiger partial charge in [0, 0.05) is 16.8 Å². The summed E-state index contributed by atoms with van der Waals surface area (Å²) in [5.41, 5.74) is 0.658. The smallest absolute Gasteiger partial charge is 0.262 e. The molecule has 0 spiro atoms. The van der Waals surface area contributed by atoms with Crippen LogP contribution in [0.2, 0.25) is 5.02 Å². The standard InChI is InChI=1S/C16H17ClN2O4S2/c1-10(20)18-14-9-12(5-7-16(14)24-3)25(21,22)19-13-8-11(17)4-6-15(13)23-2/h4-9,19H,1-3H3,(H,18,20). The summed E-state index contributed by atoms with van der Waals surface area (Å²) in [4.78, 5) is 12.1. The number of carbonyl (C=O) groups is 1. The molecule has 0 aliphatic rings. The molecule has 2 aromatic rings. The first kappa shape index (κ1) is 19.4. The Kier molecular flexibility index (Phi) is 6.21. The van der Waals surface area contributed by atoms with Crippen LogP contribution in [0.3, 0.4) is 0 Å². The van der Waals surface area contributed by atoms with E-state index in [2.05, 4.69) is 10.0 Å². The van der Waals surface area contributed by atoms with Gasteiger partial charge in [-0.15, -0.1) is 11.8 Å². The molecule has 0 atom stereocenters. The zero-order chi connectivity index (χ0) is 18.6. The molecular weight excluding hydrogens is 384 g/mol. The zero-order valence-electron chi connectivity index (χ0n) is 13.8. The number of ether oxygens (including phenoxy) is 1. The molecule has 0 aliphatic carbocycles. The van der Waals surface area contributed by atoms with Crippen molar-refractivity contribution in [2.75, 3.05) is 23.4 Å². The van der Waals surface area contributed by atoms with Gasteiger partial charge < -0.3 is 10.1 Å². The lowest BCUT2D eigenvalue weighted by molar-refractivity contribution is -0.114. The van der Waals surface area contributed by atoms with Crippen LogP contribution in [0.15, 0.2) is 46.2 Å². The van der Waals surface area contributed by atoms with Crippen LogP contribution in [-0.4, -0.2) is 27.7 Å². The van der Waals surface area contributed by atoms with Crippen LogP contribution in [0.4, 0.5) is 11.4 Å². The van der Waals surface area contributed by atoms with Gasteiger partial charge in [-0.1, -0.05) is 11.6 Å². The number of anilines is 2. The molecule has 9 heteroatoms. The Hall–Kier alpha value is -1.90. The Morgan fingerprint density at radius 2 is 1.88 bits per heavy atom. The lowest BCUT2D eigenvalue weighted by atomic mass is 10.3. The number of nitrogens with one attached hydrogen (secondary N) is 2. The second-order valence-corrected chi connectivity index (χ2v) is 7.96. The van der Waals surface area contributed by atoms with E-state index >= 15 is 0 Å². The second kappa shape index (κ2) is 7.99. The van der Waals surface area contributed by atoms with Crippen molar-refractivity contribution in [1.82, 2.24) is 0 Å². The summed E-state index contributed by atoms with van der Waals surface area (Å²) in [7, 11) is -2.46. The van der Waals surface area contributed by atoms with E-state index in [9.17, 15) is 13.2 Å². The Labute approximate surface area is 156 Å². The Morgan fingerprint density at radius 3 is 2.48 bits per heavy atom. The molecule has 25 heavy (non-hydrogen) atoms. The Morgan fingerprint density at radius 1 is 1.16 bits per heavy atom. The molecule has 2 aromatic carbocycles. The summed E-state index contributed by atoms with van der Waals surface area (Å²) in [6.45, 7) is 1.36. The number of amides is 1. The van der Waals surface area contributed by atoms with Crippen molar-refractivity contribution in [3.63, 3.8) is 0 Å². The van der Waals surface area contributed by atoms with Gasteiger partial charge in [0.05, 0.1) is 23.4 Å². The van der Waals surface area contributed by atoms with Gasteiger partial charge in [0.2, 0.25) is 5.91 Å². The van der Waals surface area contributed by atoms with Crippen LogP contribution in [0.25, 0.3) is 0 Å². The van der Waals surface area contributed by atoms with Gasteiger partial charge in [-0.3, -0.25) is 9.52 Å². The van der Waals surface area contributed by atoms with Gasteiger partial charge in [-0.25, -0.2) is 8.42 Å². The molecule has 0 bridgehead atoms. The van der Waals surface area contributed by atoms with E-state index in [0.717, 1.165) is 4.90 Å². The van der Waals surface area contributed by atoms with Crippen molar-refractivity contribution >= 4 is 50.7 Å². The van der Waals surface area contributed by atoms with Crippen molar-refractivity contribution in [3.8, 4) is 5.75 Å². The fourth-order valence-electron chi connectivity index (χ4n) is 2.11. The van der Waals surface area contributed by atoms with Gasteiger partial charge >= 0.3 is 0 Å². The highest BCUT2D eigenvalue weighted by atomic mass is 35.5. The molecule has 0 heterocycles. The number of carbonyl (C=O) groups excluding carboxylic acids is 1. The average molecular weight is 401 g/mol. The van der Waals surface area contributed by atoms with Crippen LogP contribution in [-0.2, 0) is 14.8 Å². The molecular formula is C16H17ClN2O4S2. The summed E-state index contributed by atoms with van der Waals surface area (Å²) < 4.78 is 33.0.